The lowest BCUT2D eigenvalue weighted by molar-refractivity contribution is -0.126. The topological polar surface area (TPSA) is 75.7 Å². The van der Waals surface area contributed by atoms with Crippen molar-refractivity contribution >= 4 is 17.7 Å². The van der Waals surface area contributed by atoms with E-state index < -0.39 is 35.3 Å². The van der Waals surface area contributed by atoms with Crippen molar-refractivity contribution < 1.29 is 27.9 Å². The molecule has 8 heteroatoms. The van der Waals surface area contributed by atoms with E-state index in [1.807, 2.05) is 4.90 Å². The number of piperidine rings is 1. The molecule has 0 spiro atoms. The first kappa shape index (κ1) is 23.5. The Hall–Kier alpha value is -3.13. The fourth-order valence-electron chi connectivity index (χ4n) is 3.83. The molecule has 6 nitrogen and oxygen atoms in total. The van der Waals surface area contributed by atoms with Crippen molar-refractivity contribution in [1.29, 1.82) is 0 Å². The van der Waals surface area contributed by atoms with E-state index in [4.69, 9.17) is 0 Å². The normalized spacial score (nSPS) is 15.8. The predicted octanol–water partition coefficient (Wildman–Crippen LogP) is 3.35. The van der Waals surface area contributed by atoms with Crippen LogP contribution in [0.2, 0.25) is 0 Å². The maximum absolute atomic E-state index is 13.9. The number of Topliss-reactive ketones (excluding diaryl/α,β-unsaturated/α-hetero) is 1. The minimum Gasteiger partial charge on any atom is -0.465 e. The van der Waals surface area contributed by atoms with Crippen LogP contribution in [-0.4, -0.2) is 48.8 Å². The van der Waals surface area contributed by atoms with Gasteiger partial charge < -0.3 is 10.1 Å². The van der Waals surface area contributed by atoms with Gasteiger partial charge in [-0.15, -0.1) is 0 Å². The summed E-state index contributed by atoms with van der Waals surface area (Å²) in [6.45, 7) is 3.13. The van der Waals surface area contributed by atoms with Gasteiger partial charge in [0.25, 0.3) is 0 Å². The van der Waals surface area contributed by atoms with Crippen LogP contribution < -0.4 is 5.32 Å². The van der Waals surface area contributed by atoms with Gasteiger partial charge in [-0.05, 0) is 68.8 Å². The Bertz CT molecular complexity index is 986. The highest BCUT2D eigenvalue weighted by atomic mass is 19.1. The first-order valence-corrected chi connectivity index (χ1v) is 10.5. The van der Waals surface area contributed by atoms with E-state index in [9.17, 15) is 23.2 Å². The number of nitrogens with one attached hydrogen (secondary N) is 1. The average molecular weight is 444 g/mol. The first-order valence-electron chi connectivity index (χ1n) is 10.5. The third kappa shape index (κ3) is 5.56. The Balaban J connectivity index is 1.49. The van der Waals surface area contributed by atoms with Gasteiger partial charge in [0.1, 0.15) is 11.6 Å². The van der Waals surface area contributed by atoms with Gasteiger partial charge in [-0.3, -0.25) is 14.5 Å². The average Bonchev–Trinajstić information content (AvgIpc) is 2.83. The van der Waals surface area contributed by atoms with E-state index in [1.54, 1.807) is 31.2 Å². The minimum atomic E-state index is -0.716. The summed E-state index contributed by atoms with van der Waals surface area (Å²) >= 11 is 0. The maximum Gasteiger partial charge on any atom is 0.337 e. The quantitative estimate of drug-likeness (QED) is 0.524. The number of hydrogen-bond donors (Lipinski definition) is 1. The van der Waals surface area contributed by atoms with Crippen LogP contribution in [0, 0.1) is 17.6 Å². The molecule has 2 aromatic carbocycles. The molecule has 170 valence electrons. The van der Waals surface area contributed by atoms with Crippen molar-refractivity contribution in [2.75, 3.05) is 20.2 Å². The van der Waals surface area contributed by atoms with Gasteiger partial charge >= 0.3 is 5.97 Å². The summed E-state index contributed by atoms with van der Waals surface area (Å²) in [7, 11) is 1.32. The molecule has 0 aromatic heterocycles. The molecule has 1 saturated heterocycles. The van der Waals surface area contributed by atoms with Crippen LogP contribution in [0.1, 0.15) is 46.0 Å². The number of carbonyl (C=O) groups excluding carboxylic acids is 3. The van der Waals surface area contributed by atoms with Crippen LogP contribution in [0.3, 0.4) is 0 Å². The summed E-state index contributed by atoms with van der Waals surface area (Å²) < 4.78 is 32.0. The number of ether oxygens (including phenoxy) is 1. The third-order valence-electron chi connectivity index (χ3n) is 5.86. The zero-order valence-electron chi connectivity index (χ0n) is 18.1. The van der Waals surface area contributed by atoms with Crippen molar-refractivity contribution in [3.05, 3.63) is 70.8 Å². The zero-order valence-corrected chi connectivity index (χ0v) is 18.1. The second-order valence-corrected chi connectivity index (χ2v) is 7.88. The number of esters is 1. The molecule has 1 N–H and O–H groups in total. The Morgan fingerprint density at radius 3 is 2.38 bits per heavy atom. The number of hydrogen-bond acceptors (Lipinski definition) is 5. The van der Waals surface area contributed by atoms with E-state index in [0.29, 0.717) is 38.0 Å². The molecule has 32 heavy (non-hydrogen) atoms. The molecule has 1 aliphatic rings. The molecule has 3 rings (SSSR count). The van der Waals surface area contributed by atoms with Crippen molar-refractivity contribution in [2.45, 2.75) is 32.4 Å². The van der Waals surface area contributed by atoms with Crippen LogP contribution in [0.4, 0.5) is 8.78 Å². The number of likely N-dealkylation sites (tertiary alicyclic amines) is 1. The van der Waals surface area contributed by atoms with Gasteiger partial charge in [0.2, 0.25) is 5.91 Å². The maximum atomic E-state index is 13.9. The van der Waals surface area contributed by atoms with Crippen molar-refractivity contribution in [1.82, 2.24) is 10.2 Å². The molecule has 0 bridgehead atoms. The molecule has 1 aliphatic heterocycles. The number of rotatable bonds is 7. The van der Waals surface area contributed by atoms with Crippen molar-refractivity contribution in [3.63, 3.8) is 0 Å². The van der Waals surface area contributed by atoms with Gasteiger partial charge in [-0.2, -0.15) is 0 Å². The summed E-state index contributed by atoms with van der Waals surface area (Å²) in [5.74, 6) is -2.72. The molecule has 0 aliphatic carbocycles. The monoisotopic (exact) mass is 444 g/mol. The van der Waals surface area contributed by atoms with Gasteiger partial charge in [-0.1, -0.05) is 12.1 Å². The molecular weight excluding hydrogens is 418 g/mol. The molecule has 2 aromatic rings. The first-order chi connectivity index (χ1) is 15.3. The Morgan fingerprint density at radius 2 is 1.75 bits per heavy atom. The van der Waals surface area contributed by atoms with Crippen LogP contribution in [-0.2, 0) is 16.1 Å². The lowest BCUT2D eigenvalue weighted by Gasteiger charge is -2.34. The summed E-state index contributed by atoms with van der Waals surface area (Å²) in [4.78, 5) is 38.6. The van der Waals surface area contributed by atoms with E-state index in [-0.39, 0.29) is 11.5 Å². The van der Waals surface area contributed by atoms with Crippen LogP contribution in [0.25, 0.3) is 0 Å². The highest BCUT2D eigenvalue weighted by Crippen LogP contribution is 2.24. The smallest absolute Gasteiger partial charge is 0.337 e. The number of carbonyl (C=O) groups is 3. The highest BCUT2D eigenvalue weighted by Gasteiger charge is 2.31. The second kappa shape index (κ2) is 10.5. The van der Waals surface area contributed by atoms with Gasteiger partial charge in [-0.25, -0.2) is 13.6 Å². The SMILES string of the molecule is COC(=O)c1ccc(CNC(=O)C(C)N2CCC(C(=O)c3cc(F)ccc3F)CC2)cc1. The van der Waals surface area contributed by atoms with Crippen molar-refractivity contribution in [3.8, 4) is 0 Å². The predicted molar refractivity (Wildman–Crippen MR) is 114 cm³/mol. The molecular formula is C24H26F2N2O4. The summed E-state index contributed by atoms with van der Waals surface area (Å²) in [5.41, 5.74) is 1.07. The lowest BCUT2D eigenvalue weighted by Crippen LogP contribution is -2.48. The Morgan fingerprint density at radius 1 is 1.09 bits per heavy atom. The third-order valence-corrected chi connectivity index (χ3v) is 5.86. The number of amides is 1. The van der Waals surface area contributed by atoms with Crippen LogP contribution >= 0.6 is 0 Å². The number of benzene rings is 2. The summed E-state index contributed by atoms with van der Waals surface area (Å²) in [6.07, 6.45) is 0.947. The summed E-state index contributed by atoms with van der Waals surface area (Å²) in [6, 6.07) is 9.28. The fraction of sp³-hybridized carbons (Fsp3) is 0.375. The number of ketones is 1. The lowest BCUT2D eigenvalue weighted by atomic mass is 9.88. The molecule has 1 fully saturated rings. The van der Waals surface area contributed by atoms with E-state index in [1.165, 1.54) is 7.11 Å². The standard InChI is InChI=1S/C24H26F2N2O4/c1-15(23(30)27-14-16-3-5-18(6-4-16)24(31)32-2)28-11-9-17(10-12-28)22(29)20-13-19(25)7-8-21(20)26/h3-8,13,15,17H,9-12,14H2,1-2H3,(H,27,30). The molecule has 1 atom stereocenters. The number of nitrogens with zero attached hydrogens (tertiary/aromatic N) is 1. The van der Waals surface area contributed by atoms with Crippen molar-refractivity contribution in [2.24, 2.45) is 5.92 Å². The molecule has 0 radical (unpaired) electrons. The highest BCUT2D eigenvalue weighted by molar-refractivity contribution is 5.98. The molecule has 1 amide bonds. The van der Waals surface area contributed by atoms with Crippen LogP contribution in [0.15, 0.2) is 42.5 Å². The summed E-state index contributed by atoms with van der Waals surface area (Å²) in [5, 5.41) is 2.88. The minimum absolute atomic E-state index is 0.150. The Kier molecular flexibility index (Phi) is 7.69. The zero-order chi connectivity index (χ0) is 23.3. The van der Waals surface area contributed by atoms with Crippen LogP contribution in [0.5, 0.6) is 0 Å². The van der Waals surface area contributed by atoms with Gasteiger partial charge in [0.05, 0.1) is 24.3 Å². The molecule has 1 unspecified atom stereocenters. The fourth-order valence-corrected chi connectivity index (χ4v) is 3.83. The molecule has 1 heterocycles. The van der Waals surface area contributed by atoms with E-state index in [2.05, 4.69) is 10.1 Å². The van der Waals surface area contributed by atoms with Gasteiger partial charge in [0, 0.05) is 12.5 Å². The second-order valence-electron chi connectivity index (χ2n) is 7.88. The van der Waals surface area contributed by atoms with E-state index in [0.717, 1.165) is 23.8 Å². The van der Waals surface area contributed by atoms with E-state index >= 15 is 0 Å². The molecule has 0 saturated carbocycles. The van der Waals surface area contributed by atoms with Gasteiger partial charge in [0.15, 0.2) is 5.78 Å². The number of halogens is 2. The number of methoxy groups -OCH3 is 1. The Labute approximate surface area is 185 Å². The largest absolute Gasteiger partial charge is 0.465 e.